The van der Waals surface area contributed by atoms with Crippen molar-refractivity contribution in [2.45, 2.75) is 51.0 Å². The van der Waals surface area contributed by atoms with Crippen molar-refractivity contribution in [2.75, 3.05) is 24.5 Å². The van der Waals surface area contributed by atoms with Crippen LogP contribution >= 0.6 is 0 Å². The number of hydrogen-bond acceptors (Lipinski definition) is 8. The number of carbonyl (C=O) groups excluding carboxylic acids is 1. The number of aryl methyl sites for hydroxylation is 2. The number of aliphatic hydroxyl groups excluding tert-OH is 1. The summed E-state index contributed by atoms with van der Waals surface area (Å²) >= 11 is 0. The number of para-hydroxylation sites is 2. The van der Waals surface area contributed by atoms with E-state index in [1.54, 1.807) is 85.8 Å². The van der Waals surface area contributed by atoms with Crippen molar-refractivity contribution in [1.29, 1.82) is 0 Å². The molecule has 9 nitrogen and oxygen atoms in total. The quantitative estimate of drug-likeness (QED) is 0.100. The third-order valence-corrected chi connectivity index (χ3v) is 8.14. The molecule has 1 unspecified atom stereocenters. The minimum atomic E-state index is -3.80. The fraction of sp³-hybridized carbons (Fsp3) is 0.286. The molecule has 0 heterocycles. The molecule has 0 bridgehead atoms. The van der Waals surface area contributed by atoms with E-state index in [2.05, 4.69) is 11.6 Å². The number of benzene rings is 4. The van der Waals surface area contributed by atoms with Gasteiger partial charge in [-0.3, -0.25) is 4.72 Å². The number of esters is 1. The lowest BCUT2D eigenvalue weighted by Gasteiger charge is -2.16. The van der Waals surface area contributed by atoms with Crippen molar-refractivity contribution in [3.63, 3.8) is 0 Å². The highest BCUT2D eigenvalue weighted by molar-refractivity contribution is 7.92. The van der Waals surface area contributed by atoms with Crippen molar-refractivity contribution < 1.29 is 37.3 Å². The van der Waals surface area contributed by atoms with Crippen molar-refractivity contribution in [2.24, 2.45) is 0 Å². The summed E-state index contributed by atoms with van der Waals surface area (Å²) in [6, 6.07) is 25.8. The SMILES string of the molecule is CCCc1cc(Oc2ccccc2NS(=O)(=O)c2ccc(C)cc2)ccc1OCCCOc1ccc(C(O)C(=O)OCC)cc1. The molecule has 0 saturated carbocycles. The van der Waals surface area contributed by atoms with Gasteiger partial charge in [0.05, 0.1) is 30.4 Å². The molecule has 0 amide bonds. The van der Waals surface area contributed by atoms with E-state index in [0.717, 1.165) is 29.7 Å². The van der Waals surface area contributed by atoms with Crippen LogP contribution in [0.25, 0.3) is 0 Å². The minimum absolute atomic E-state index is 0.170. The van der Waals surface area contributed by atoms with Crippen molar-refractivity contribution in [3.8, 4) is 23.0 Å². The Balaban J connectivity index is 1.33. The molecule has 0 aromatic heterocycles. The number of sulfonamides is 1. The molecule has 2 N–H and O–H groups in total. The summed E-state index contributed by atoms with van der Waals surface area (Å²) in [4.78, 5) is 11.9. The second-order valence-corrected chi connectivity index (χ2v) is 12.0. The van der Waals surface area contributed by atoms with E-state index in [1.807, 2.05) is 19.1 Å². The van der Waals surface area contributed by atoms with E-state index < -0.39 is 22.1 Å². The Bertz CT molecular complexity index is 1650. The van der Waals surface area contributed by atoms with Crippen LogP contribution in [0.15, 0.2) is 95.9 Å². The van der Waals surface area contributed by atoms with E-state index in [9.17, 15) is 18.3 Å². The minimum Gasteiger partial charge on any atom is -0.493 e. The van der Waals surface area contributed by atoms with Gasteiger partial charge >= 0.3 is 5.97 Å². The third kappa shape index (κ3) is 9.47. The van der Waals surface area contributed by atoms with Crippen LogP contribution in [0.1, 0.15) is 49.5 Å². The Hall–Kier alpha value is -4.54. The Morgan fingerprint density at radius 2 is 1.53 bits per heavy atom. The van der Waals surface area contributed by atoms with Gasteiger partial charge in [0.2, 0.25) is 0 Å². The summed E-state index contributed by atoms with van der Waals surface area (Å²) in [7, 11) is -3.80. The van der Waals surface area contributed by atoms with E-state index >= 15 is 0 Å². The first kappa shape index (κ1) is 33.4. The highest BCUT2D eigenvalue weighted by atomic mass is 32.2. The smallest absolute Gasteiger partial charge is 0.339 e. The summed E-state index contributed by atoms with van der Waals surface area (Å²) in [5, 5.41) is 10.1. The standard InChI is InChI=1S/C35H39NO8S/c1-4-9-27-24-29(44-33-11-7-6-10-31(33)36-45(39,40)30-19-12-25(3)13-20-30)18-21-32(27)43-23-8-22-42-28-16-14-26(15-17-28)34(37)35(38)41-5-2/h6-7,10-21,24,34,36-37H,4-5,8-9,22-23H2,1-3H3. The first-order valence-electron chi connectivity index (χ1n) is 14.9. The molecule has 4 rings (SSSR count). The molecule has 0 saturated heterocycles. The molecule has 4 aromatic carbocycles. The van der Waals surface area contributed by atoms with Crippen LogP contribution in [0.2, 0.25) is 0 Å². The number of ether oxygens (including phenoxy) is 4. The second-order valence-electron chi connectivity index (χ2n) is 10.3. The van der Waals surface area contributed by atoms with Crippen LogP contribution in [-0.2, 0) is 26.0 Å². The fourth-order valence-electron chi connectivity index (χ4n) is 4.45. The monoisotopic (exact) mass is 633 g/mol. The predicted molar refractivity (Wildman–Crippen MR) is 173 cm³/mol. The molecular weight excluding hydrogens is 594 g/mol. The summed E-state index contributed by atoms with van der Waals surface area (Å²) in [5.74, 6) is 1.62. The van der Waals surface area contributed by atoms with Gasteiger partial charge in [0.1, 0.15) is 17.2 Å². The Morgan fingerprint density at radius 1 is 0.844 bits per heavy atom. The molecule has 10 heteroatoms. The largest absolute Gasteiger partial charge is 0.493 e. The van der Waals surface area contributed by atoms with Gasteiger partial charge in [-0.1, -0.05) is 55.3 Å². The highest BCUT2D eigenvalue weighted by Crippen LogP contribution is 2.34. The lowest BCUT2D eigenvalue weighted by Crippen LogP contribution is -2.15. The van der Waals surface area contributed by atoms with Gasteiger partial charge in [0, 0.05) is 6.42 Å². The van der Waals surface area contributed by atoms with Gasteiger partial charge in [-0.05, 0) is 86.0 Å². The van der Waals surface area contributed by atoms with Gasteiger partial charge in [-0.2, -0.15) is 0 Å². The number of anilines is 1. The van der Waals surface area contributed by atoms with Crippen LogP contribution in [0.3, 0.4) is 0 Å². The molecule has 0 radical (unpaired) electrons. The van der Waals surface area contributed by atoms with E-state index in [1.165, 1.54) is 0 Å². The molecule has 0 aliphatic carbocycles. The molecule has 238 valence electrons. The predicted octanol–water partition coefficient (Wildman–Crippen LogP) is 6.99. The number of rotatable bonds is 16. The molecule has 0 fully saturated rings. The first-order valence-corrected chi connectivity index (χ1v) is 16.4. The van der Waals surface area contributed by atoms with Crippen LogP contribution in [0.5, 0.6) is 23.0 Å². The van der Waals surface area contributed by atoms with Gasteiger partial charge in [0.15, 0.2) is 11.9 Å². The van der Waals surface area contributed by atoms with Gasteiger partial charge in [-0.25, -0.2) is 13.2 Å². The zero-order valence-corrected chi connectivity index (χ0v) is 26.5. The molecule has 4 aromatic rings. The molecule has 1 atom stereocenters. The van der Waals surface area contributed by atoms with Gasteiger partial charge < -0.3 is 24.1 Å². The fourth-order valence-corrected chi connectivity index (χ4v) is 5.52. The summed E-state index contributed by atoms with van der Waals surface area (Å²) in [6.45, 7) is 6.71. The van der Waals surface area contributed by atoms with Gasteiger partial charge in [0.25, 0.3) is 10.0 Å². The Morgan fingerprint density at radius 3 is 2.24 bits per heavy atom. The summed E-state index contributed by atoms with van der Waals surface area (Å²) in [5.41, 5.74) is 2.72. The molecule has 0 spiro atoms. The summed E-state index contributed by atoms with van der Waals surface area (Å²) < 4.78 is 51.5. The third-order valence-electron chi connectivity index (χ3n) is 6.76. The van der Waals surface area contributed by atoms with Crippen molar-refractivity contribution in [1.82, 2.24) is 0 Å². The molecule has 0 aliphatic rings. The van der Waals surface area contributed by atoms with Crippen LogP contribution in [0, 0.1) is 6.92 Å². The number of carbonyl (C=O) groups is 1. The van der Waals surface area contributed by atoms with Crippen LogP contribution in [0.4, 0.5) is 5.69 Å². The average Bonchev–Trinajstić information content (AvgIpc) is 3.03. The van der Waals surface area contributed by atoms with E-state index in [-0.39, 0.29) is 11.5 Å². The maximum atomic E-state index is 13.0. The summed E-state index contributed by atoms with van der Waals surface area (Å²) in [6.07, 6.45) is 0.977. The Labute approximate surface area is 264 Å². The topological polar surface area (TPSA) is 120 Å². The van der Waals surface area contributed by atoms with Crippen molar-refractivity contribution in [3.05, 3.63) is 108 Å². The normalized spacial score (nSPS) is 11.8. The highest BCUT2D eigenvalue weighted by Gasteiger charge is 2.19. The number of aliphatic hydroxyl groups is 1. The second kappa shape index (κ2) is 16.0. The molecule has 0 aliphatic heterocycles. The van der Waals surface area contributed by atoms with Crippen LogP contribution < -0.4 is 18.9 Å². The lowest BCUT2D eigenvalue weighted by atomic mass is 10.1. The zero-order chi connectivity index (χ0) is 32.2. The maximum Gasteiger partial charge on any atom is 0.339 e. The Kier molecular flexibility index (Phi) is 11.8. The van der Waals surface area contributed by atoms with Crippen LogP contribution in [-0.4, -0.2) is 39.3 Å². The van der Waals surface area contributed by atoms with E-state index in [0.29, 0.717) is 48.1 Å². The van der Waals surface area contributed by atoms with E-state index in [4.69, 9.17) is 18.9 Å². The zero-order valence-electron chi connectivity index (χ0n) is 25.7. The maximum absolute atomic E-state index is 13.0. The van der Waals surface area contributed by atoms with Crippen molar-refractivity contribution >= 4 is 21.7 Å². The molecule has 45 heavy (non-hydrogen) atoms. The molecular formula is C35H39NO8S. The average molecular weight is 634 g/mol. The number of hydrogen-bond donors (Lipinski definition) is 2. The van der Waals surface area contributed by atoms with Gasteiger partial charge in [-0.15, -0.1) is 0 Å². The lowest BCUT2D eigenvalue weighted by molar-refractivity contribution is -0.153. The number of nitrogens with one attached hydrogen (secondary N) is 1. The first-order chi connectivity index (χ1) is 21.7.